The smallest absolute Gasteiger partial charge is 0.141 e. The summed E-state index contributed by atoms with van der Waals surface area (Å²) in [6.07, 6.45) is 5.65. The van der Waals surface area contributed by atoms with Gasteiger partial charge in [-0.25, -0.2) is 4.39 Å². The van der Waals surface area contributed by atoms with E-state index in [1.54, 1.807) is 12.3 Å². The quantitative estimate of drug-likeness (QED) is 0.806. The van der Waals surface area contributed by atoms with Gasteiger partial charge < -0.3 is 5.32 Å². The summed E-state index contributed by atoms with van der Waals surface area (Å²) in [7, 11) is 0. The number of pyridine rings is 1. The molecular weight excluding hydrogens is 229 g/mol. The van der Waals surface area contributed by atoms with Crippen LogP contribution in [0, 0.1) is 5.82 Å². The molecule has 18 heavy (non-hydrogen) atoms. The maximum Gasteiger partial charge on any atom is 0.141 e. The van der Waals surface area contributed by atoms with Gasteiger partial charge in [-0.15, -0.1) is 0 Å². The molecule has 1 aromatic rings. The van der Waals surface area contributed by atoms with Crippen LogP contribution in [-0.4, -0.2) is 35.6 Å². The second-order valence-corrected chi connectivity index (χ2v) is 4.97. The number of nitrogens with one attached hydrogen (secondary N) is 1. The van der Waals surface area contributed by atoms with Crippen molar-refractivity contribution >= 4 is 0 Å². The number of hydrogen-bond acceptors (Lipinski definition) is 3. The topological polar surface area (TPSA) is 28.2 Å². The minimum Gasteiger partial charge on any atom is -0.309 e. The van der Waals surface area contributed by atoms with Gasteiger partial charge >= 0.3 is 0 Å². The number of aromatic nitrogens is 1. The minimum atomic E-state index is -0.269. The van der Waals surface area contributed by atoms with Crippen LogP contribution in [0.25, 0.3) is 0 Å². The second kappa shape index (κ2) is 6.25. The highest BCUT2D eigenvalue weighted by Gasteiger charge is 2.27. The van der Waals surface area contributed by atoms with Crippen LogP contribution >= 0.6 is 0 Å². The molecule has 100 valence electrons. The van der Waals surface area contributed by atoms with Crippen LogP contribution in [0.4, 0.5) is 4.39 Å². The van der Waals surface area contributed by atoms with Crippen molar-refractivity contribution in [3.05, 3.63) is 29.8 Å². The summed E-state index contributed by atoms with van der Waals surface area (Å²) in [6, 6.07) is 2.50. The van der Waals surface area contributed by atoms with E-state index in [0.717, 1.165) is 31.2 Å². The summed E-state index contributed by atoms with van der Waals surface area (Å²) in [5, 5.41) is 3.43. The normalized spacial score (nSPS) is 17.1. The number of halogens is 1. The standard InChI is InChI=1S/C14H22FN3/c1-3-18(14-4-5-14)7-6-17-11(2)12-8-13(15)10-16-9-12/h8-11,14,17H,3-7H2,1-2H3. The van der Waals surface area contributed by atoms with Gasteiger partial charge in [-0.2, -0.15) is 0 Å². The third kappa shape index (κ3) is 3.75. The Morgan fingerprint density at radius 3 is 2.89 bits per heavy atom. The predicted molar refractivity (Wildman–Crippen MR) is 70.9 cm³/mol. The highest BCUT2D eigenvalue weighted by molar-refractivity contribution is 5.14. The van der Waals surface area contributed by atoms with Crippen LogP contribution in [0.3, 0.4) is 0 Å². The highest BCUT2D eigenvalue weighted by atomic mass is 19.1. The van der Waals surface area contributed by atoms with Crippen molar-refractivity contribution in [3.8, 4) is 0 Å². The van der Waals surface area contributed by atoms with E-state index >= 15 is 0 Å². The Morgan fingerprint density at radius 1 is 1.50 bits per heavy atom. The zero-order chi connectivity index (χ0) is 13.0. The van der Waals surface area contributed by atoms with Crippen molar-refractivity contribution in [2.45, 2.75) is 38.8 Å². The zero-order valence-corrected chi connectivity index (χ0v) is 11.2. The molecule has 0 amide bonds. The van der Waals surface area contributed by atoms with Gasteiger partial charge in [0.05, 0.1) is 6.20 Å². The van der Waals surface area contributed by atoms with E-state index < -0.39 is 0 Å². The van der Waals surface area contributed by atoms with Crippen molar-refractivity contribution in [2.24, 2.45) is 0 Å². The number of likely N-dealkylation sites (N-methyl/N-ethyl adjacent to an activating group) is 1. The van der Waals surface area contributed by atoms with Gasteiger partial charge in [0.25, 0.3) is 0 Å². The van der Waals surface area contributed by atoms with Gasteiger partial charge in [0.2, 0.25) is 0 Å². The van der Waals surface area contributed by atoms with Crippen LogP contribution in [0.2, 0.25) is 0 Å². The molecule has 1 aliphatic rings. The molecule has 1 aromatic heterocycles. The molecular formula is C14H22FN3. The molecule has 1 N–H and O–H groups in total. The fourth-order valence-electron chi connectivity index (χ4n) is 2.25. The van der Waals surface area contributed by atoms with Crippen molar-refractivity contribution < 1.29 is 4.39 Å². The summed E-state index contributed by atoms with van der Waals surface area (Å²) in [6.45, 7) is 7.36. The molecule has 1 unspecified atom stereocenters. The van der Waals surface area contributed by atoms with Gasteiger partial charge in [0.1, 0.15) is 5.82 Å². The SMILES string of the molecule is CCN(CCNC(C)c1cncc(F)c1)C1CC1. The first kappa shape index (κ1) is 13.4. The Kier molecular flexibility index (Phi) is 4.66. The molecule has 1 fully saturated rings. The van der Waals surface area contributed by atoms with Crippen molar-refractivity contribution in [1.29, 1.82) is 0 Å². The first-order valence-electron chi connectivity index (χ1n) is 6.78. The Labute approximate surface area is 108 Å². The maximum atomic E-state index is 13.0. The van der Waals surface area contributed by atoms with Crippen LogP contribution in [0.15, 0.2) is 18.5 Å². The van der Waals surface area contributed by atoms with Crippen molar-refractivity contribution in [3.63, 3.8) is 0 Å². The van der Waals surface area contributed by atoms with Crippen LogP contribution in [0.1, 0.15) is 38.3 Å². The van der Waals surface area contributed by atoms with Crippen molar-refractivity contribution in [2.75, 3.05) is 19.6 Å². The first-order chi connectivity index (χ1) is 8.70. The van der Waals surface area contributed by atoms with E-state index in [-0.39, 0.29) is 11.9 Å². The zero-order valence-electron chi connectivity index (χ0n) is 11.2. The fourth-order valence-corrected chi connectivity index (χ4v) is 2.25. The van der Waals surface area contributed by atoms with Gasteiger partial charge in [-0.1, -0.05) is 6.92 Å². The third-order valence-corrected chi connectivity index (χ3v) is 3.55. The molecule has 0 bridgehead atoms. The van der Waals surface area contributed by atoms with E-state index in [0.29, 0.717) is 0 Å². The molecule has 4 heteroatoms. The molecule has 0 radical (unpaired) electrons. The molecule has 0 aliphatic heterocycles. The molecule has 0 saturated heterocycles. The van der Waals surface area contributed by atoms with E-state index in [4.69, 9.17) is 0 Å². The summed E-state index contributed by atoms with van der Waals surface area (Å²) >= 11 is 0. The van der Waals surface area contributed by atoms with Gasteiger partial charge in [0.15, 0.2) is 0 Å². The van der Waals surface area contributed by atoms with Gasteiger partial charge in [-0.05, 0) is 37.9 Å². The molecule has 1 heterocycles. The largest absolute Gasteiger partial charge is 0.309 e. The number of nitrogens with zero attached hydrogens (tertiary/aromatic N) is 2. The van der Waals surface area contributed by atoms with E-state index in [9.17, 15) is 4.39 Å². The number of rotatable bonds is 7. The lowest BCUT2D eigenvalue weighted by atomic mass is 10.1. The second-order valence-electron chi connectivity index (χ2n) is 4.97. The average molecular weight is 251 g/mol. The van der Waals surface area contributed by atoms with Crippen molar-refractivity contribution in [1.82, 2.24) is 15.2 Å². The lowest BCUT2D eigenvalue weighted by Gasteiger charge is -2.21. The van der Waals surface area contributed by atoms with Crippen LogP contribution < -0.4 is 5.32 Å². The van der Waals surface area contributed by atoms with E-state index in [2.05, 4.69) is 22.1 Å². The predicted octanol–water partition coefficient (Wildman–Crippen LogP) is 2.36. The lowest BCUT2D eigenvalue weighted by molar-refractivity contribution is 0.273. The molecule has 1 saturated carbocycles. The summed E-state index contributed by atoms with van der Waals surface area (Å²) < 4.78 is 13.0. The summed E-state index contributed by atoms with van der Waals surface area (Å²) in [4.78, 5) is 6.38. The van der Waals surface area contributed by atoms with Crippen LogP contribution in [0.5, 0.6) is 0 Å². The molecule has 0 spiro atoms. The van der Waals surface area contributed by atoms with Gasteiger partial charge in [0, 0.05) is 31.4 Å². The Hall–Kier alpha value is -1.00. The molecule has 0 aromatic carbocycles. The Balaban J connectivity index is 1.75. The summed E-state index contributed by atoms with van der Waals surface area (Å²) in [5.74, 6) is -0.269. The average Bonchev–Trinajstić information content (AvgIpc) is 3.18. The lowest BCUT2D eigenvalue weighted by Crippen LogP contribution is -2.34. The molecule has 1 aliphatic carbocycles. The van der Waals surface area contributed by atoms with Crippen LogP contribution in [-0.2, 0) is 0 Å². The fraction of sp³-hybridized carbons (Fsp3) is 0.643. The molecule has 2 rings (SSSR count). The third-order valence-electron chi connectivity index (χ3n) is 3.55. The Bertz CT molecular complexity index is 379. The maximum absolute atomic E-state index is 13.0. The Morgan fingerprint density at radius 2 is 2.28 bits per heavy atom. The molecule has 3 nitrogen and oxygen atoms in total. The van der Waals surface area contributed by atoms with E-state index in [1.807, 2.05) is 6.92 Å². The first-order valence-corrected chi connectivity index (χ1v) is 6.78. The monoisotopic (exact) mass is 251 g/mol. The minimum absolute atomic E-state index is 0.145. The van der Waals surface area contributed by atoms with E-state index in [1.165, 1.54) is 19.0 Å². The highest BCUT2D eigenvalue weighted by Crippen LogP contribution is 2.25. The van der Waals surface area contributed by atoms with Gasteiger partial charge in [-0.3, -0.25) is 9.88 Å². The number of hydrogen-bond donors (Lipinski definition) is 1. The molecule has 1 atom stereocenters. The summed E-state index contributed by atoms with van der Waals surface area (Å²) in [5.41, 5.74) is 0.907.